The van der Waals surface area contributed by atoms with Gasteiger partial charge in [0.1, 0.15) is 24.2 Å². The molecule has 0 amide bonds. The minimum absolute atomic E-state index is 0.203. The Morgan fingerprint density at radius 3 is 2.44 bits per heavy atom. The standard InChI is InChI=1S/C12H19NO3/c1-9(2)13-7-11(15)8-16-12-5-3-10(14)4-6-12/h3-6,9,11,13-15H,7-8H2,1-2H3/t11-/m0/s1. The SMILES string of the molecule is CC(C)NC[C@H](O)COc1ccc(O)cc1. The molecule has 4 heteroatoms. The van der Waals surface area contributed by atoms with E-state index in [1.807, 2.05) is 13.8 Å². The van der Waals surface area contributed by atoms with Crippen LogP contribution in [0.2, 0.25) is 0 Å². The van der Waals surface area contributed by atoms with E-state index in [1.54, 1.807) is 24.3 Å². The van der Waals surface area contributed by atoms with E-state index in [4.69, 9.17) is 9.84 Å². The highest BCUT2D eigenvalue weighted by Gasteiger charge is 2.05. The van der Waals surface area contributed by atoms with E-state index in [2.05, 4.69) is 5.32 Å². The van der Waals surface area contributed by atoms with Crippen molar-refractivity contribution in [2.24, 2.45) is 0 Å². The number of benzene rings is 1. The first-order valence-electron chi connectivity index (χ1n) is 5.41. The maximum absolute atomic E-state index is 9.58. The molecule has 0 spiro atoms. The maximum Gasteiger partial charge on any atom is 0.119 e. The predicted molar refractivity (Wildman–Crippen MR) is 62.7 cm³/mol. The minimum atomic E-state index is -0.531. The van der Waals surface area contributed by atoms with Crippen molar-refractivity contribution >= 4 is 0 Å². The fourth-order valence-corrected chi connectivity index (χ4v) is 1.17. The molecule has 0 unspecified atom stereocenters. The lowest BCUT2D eigenvalue weighted by molar-refractivity contribution is 0.104. The molecule has 3 N–H and O–H groups in total. The molecule has 90 valence electrons. The van der Waals surface area contributed by atoms with Gasteiger partial charge in [0.15, 0.2) is 0 Å². The molecule has 0 saturated heterocycles. The van der Waals surface area contributed by atoms with Crippen molar-refractivity contribution in [2.45, 2.75) is 26.0 Å². The van der Waals surface area contributed by atoms with Crippen molar-refractivity contribution in [1.82, 2.24) is 5.32 Å². The molecule has 0 saturated carbocycles. The highest BCUT2D eigenvalue weighted by Crippen LogP contribution is 2.15. The number of nitrogens with one attached hydrogen (secondary N) is 1. The van der Waals surface area contributed by atoms with Crippen LogP contribution in [0.1, 0.15) is 13.8 Å². The summed E-state index contributed by atoms with van der Waals surface area (Å²) in [6.45, 7) is 4.79. The van der Waals surface area contributed by atoms with Gasteiger partial charge in [-0.2, -0.15) is 0 Å². The van der Waals surface area contributed by atoms with Gasteiger partial charge >= 0.3 is 0 Å². The monoisotopic (exact) mass is 225 g/mol. The third-order valence-corrected chi connectivity index (χ3v) is 2.04. The summed E-state index contributed by atoms with van der Waals surface area (Å²) in [5.74, 6) is 0.843. The van der Waals surface area contributed by atoms with E-state index in [-0.39, 0.29) is 12.4 Å². The van der Waals surface area contributed by atoms with E-state index in [0.29, 0.717) is 18.3 Å². The van der Waals surface area contributed by atoms with Crippen LogP contribution in [-0.2, 0) is 0 Å². The summed E-state index contributed by atoms with van der Waals surface area (Å²) < 4.78 is 5.35. The van der Waals surface area contributed by atoms with Gasteiger partial charge in [0.05, 0.1) is 0 Å². The van der Waals surface area contributed by atoms with Gasteiger partial charge in [-0.15, -0.1) is 0 Å². The van der Waals surface area contributed by atoms with Crippen molar-refractivity contribution in [3.8, 4) is 11.5 Å². The molecule has 0 aliphatic rings. The molecule has 16 heavy (non-hydrogen) atoms. The van der Waals surface area contributed by atoms with Gasteiger partial charge in [-0.1, -0.05) is 13.8 Å². The first-order chi connectivity index (χ1) is 7.58. The Balaban J connectivity index is 2.26. The molecule has 0 radical (unpaired) electrons. The van der Waals surface area contributed by atoms with Crippen molar-refractivity contribution in [2.75, 3.05) is 13.2 Å². The highest BCUT2D eigenvalue weighted by atomic mass is 16.5. The van der Waals surface area contributed by atoms with Gasteiger partial charge in [-0.3, -0.25) is 0 Å². The average Bonchev–Trinajstić information content (AvgIpc) is 2.25. The van der Waals surface area contributed by atoms with Crippen molar-refractivity contribution in [3.63, 3.8) is 0 Å². The molecule has 1 rings (SSSR count). The Hall–Kier alpha value is -1.26. The summed E-state index contributed by atoms with van der Waals surface area (Å²) in [4.78, 5) is 0. The molecule has 4 nitrogen and oxygen atoms in total. The number of aliphatic hydroxyl groups is 1. The second-order valence-electron chi connectivity index (χ2n) is 4.02. The van der Waals surface area contributed by atoms with Crippen molar-refractivity contribution in [3.05, 3.63) is 24.3 Å². The fourth-order valence-electron chi connectivity index (χ4n) is 1.17. The van der Waals surface area contributed by atoms with Crippen LogP contribution in [0.4, 0.5) is 0 Å². The number of hydrogen-bond donors (Lipinski definition) is 3. The molecule has 1 aromatic carbocycles. The van der Waals surface area contributed by atoms with Crippen LogP contribution in [-0.4, -0.2) is 35.5 Å². The number of aromatic hydroxyl groups is 1. The Bertz CT molecular complexity index is 298. The molecule has 1 atom stereocenters. The van der Waals surface area contributed by atoms with Crippen LogP contribution in [0.3, 0.4) is 0 Å². The lowest BCUT2D eigenvalue weighted by Gasteiger charge is -2.14. The zero-order valence-corrected chi connectivity index (χ0v) is 9.68. The number of hydrogen-bond acceptors (Lipinski definition) is 4. The Morgan fingerprint density at radius 2 is 1.88 bits per heavy atom. The van der Waals surface area contributed by atoms with E-state index >= 15 is 0 Å². The number of phenolic OH excluding ortho intramolecular Hbond substituents is 1. The Morgan fingerprint density at radius 1 is 1.25 bits per heavy atom. The second-order valence-corrected chi connectivity index (χ2v) is 4.02. The van der Waals surface area contributed by atoms with Gasteiger partial charge in [-0.05, 0) is 24.3 Å². The van der Waals surface area contributed by atoms with Crippen LogP contribution in [0.15, 0.2) is 24.3 Å². The van der Waals surface area contributed by atoms with Crippen molar-refractivity contribution in [1.29, 1.82) is 0 Å². The average molecular weight is 225 g/mol. The van der Waals surface area contributed by atoms with E-state index in [9.17, 15) is 5.11 Å². The highest BCUT2D eigenvalue weighted by molar-refractivity contribution is 5.30. The summed E-state index contributed by atoms with van der Waals surface area (Å²) in [6.07, 6.45) is -0.531. The normalized spacial score (nSPS) is 12.8. The Kier molecular flexibility index (Phi) is 5.08. The molecule has 0 fully saturated rings. The Labute approximate surface area is 95.9 Å². The van der Waals surface area contributed by atoms with Crippen LogP contribution in [0.5, 0.6) is 11.5 Å². The molecule has 0 heterocycles. The summed E-state index contributed by atoms with van der Waals surface area (Å²) in [6, 6.07) is 6.78. The van der Waals surface area contributed by atoms with Crippen LogP contribution >= 0.6 is 0 Å². The summed E-state index contributed by atoms with van der Waals surface area (Å²) in [5.41, 5.74) is 0. The largest absolute Gasteiger partial charge is 0.508 e. The zero-order valence-electron chi connectivity index (χ0n) is 9.68. The van der Waals surface area contributed by atoms with Crippen molar-refractivity contribution < 1.29 is 14.9 Å². The van der Waals surface area contributed by atoms with Crippen LogP contribution in [0, 0.1) is 0 Å². The van der Waals surface area contributed by atoms with Crippen LogP contribution < -0.4 is 10.1 Å². The summed E-state index contributed by atoms with van der Waals surface area (Å²) in [7, 11) is 0. The lowest BCUT2D eigenvalue weighted by Crippen LogP contribution is -2.35. The predicted octanol–water partition coefficient (Wildman–Crippen LogP) is 1.13. The third-order valence-electron chi connectivity index (χ3n) is 2.04. The van der Waals surface area contributed by atoms with E-state index in [0.717, 1.165) is 0 Å². The van der Waals surface area contributed by atoms with Gasteiger partial charge in [-0.25, -0.2) is 0 Å². The van der Waals surface area contributed by atoms with E-state index < -0.39 is 6.10 Å². The smallest absolute Gasteiger partial charge is 0.119 e. The number of aliphatic hydroxyl groups excluding tert-OH is 1. The molecule has 1 aromatic rings. The number of phenols is 1. The molecule has 0 aliphatic heterocycles. The van der Waals surface area contributed by atoms with Crippen LogP contribution in [0.25, 0.3) is 0 Å². The molecule has 0 aliphatic carbocycles. The van der Waals surface area contributed by atoms with E-state index in [1.165, 1.54) is 0 Å². The molecular formula is C12H19NO3. The van der Waals surface area contributed by atoms with Gasteiger partial charge < -0.3 is 20.3 Å². The maximum atomic E-state index is 9.58. The first-order valence-corrected chi connectivity index (χ1v) is 5.41. The third kappa shape index (κ3) is 5.00. The summed E-state index contributed by atoms with van der Waals surface area (Å²) in [5, 5.41) is 21.8. The number of rotatable bonds is 6. The zero-order chi connectivity index (χ0) is 12.0. The van der Waals surface area contributed by atoms with Gasteiger partial charge in [0, 0.05) is 12.6 Å². The lowest BCUT2D eigenvalue weighted by atomic mass is 10.3. The second kappa shape index (κ2) is 6.35. The fraction of sp³-hybridized carbons (Fsp3) is 0.500. The quantitative estimate of drug-likeness (QED) is 0.679. The number of ether oxygens (including phenoxy) is 1. The summed E-state index contributed by atoms with van der Waals surface area (Å²) >= 11 is 0. The molecule has 0 aromatic heterocycles. The first kappa shape index (κ1) is 12.8. The minimum Gasteiger partial charge on any atom is -0.508 e. The molecular weight excluding hydrogens is 206 g/mol. The van der Waals surface area contributed by atoms with Gasteiger partial charge in [0.2, 0.25) is 0 Å². The van der Waals surface area contributed by atoms with Gasteiger partial charge in [0.25, 0.3) is 0 Å². The molecule has 0 bridgehead atoms. The topological polar surface area (TPSA) is 61.7 Å².